The van der Waals surface area contributed by atoms with Gasteiger partial charge in [0.1, 0.15) is 5.75 Å². The highest BCUT2D eigenvalue weighted by Gasteiger charge is 2.12. The second kappa shape index (κ2) is 7.45. The first-order valence-corrected chi connectivity index (χ1v) is 7.01. The van der Waals surface area contributed by atoms with Crippen LogP contribution in [0, 0.1) is 13.8 Å². The Hall–Kier alpha value is -1.33. The van der Waals surface area contributed by atoms with E-state index in [1.807, 2.05) is 26.0 Å². The van der Waals surface area contributed by atoms with Gasteiger partial charge in [-0.15, -0.1) is 0 Å². The van der Waals surface area contributed by atoms with E-state index in [9.17, 15) is 4.79 Å². The number of halogens is 1. The molecule has 4 nitrogen and oxygen atoms in total. The normalized spacial score (nSPS) is 10.2. The summed E-state index contributed by atoms with van der Waals surface area (Å²) in [6, 6.07) is 3.62. The quantitative estimate of drug-likeness (QED) is 0.820. The van der Waals surface area contributed by atoms with Crippen LogP contribution in [0.15, 0.2) is 12.1 Å². The van der Waals surface area contributed by atoms with E-state index in [0.29, 0.717) is 28.7 Å². The van der Waals surface area contributed by atoms with Gasteiger partial charge in [-0.25, -0.2) is 0 Å². The van der Waals surface area contributed by atoms with Crippen molar-refractivity contribution in [2.45, 2.75) is 20.3 Å². The van der Waals surface area contributed by atoms with Crippen molar-refractivity contribution in [1.82, 2.24) is 4.90 Å². The zero-order valence-electron chi connectivity index (χ0n) is 11.9. The number of likely N-dealkylation sites (N-methyl/N-ethyl adjacent to an activating group) is 1. The number of carbonyl (C=O) groups is 1. The fourth-order valence-corrected chi connectivity index (χ4v) is 2.19. The van der Waals surface area contributed by atoms with Crippen LogP contribution in [0.4, 0.5) is 0 Å². The molecule has 1 amide bonds. The fraction of sp³-hybridized carbons (Fsp3) is 0.429. The Labute approximate surface area is 129 Å². The number of nitrogens with zero attached hydrogens (tertiary/aromatic N) is 1. The molecule has 1 rings (SSSR count). The third-order valence-corrected chi connectivity index (χ3v) is 3.31. The molecule has 0 aliphatic rings. The number of thiocarbonyl (C=S) groups is 1. The Morgan fingerprint density at radius 3 is 2.45 bits per heavy atom. The molecule has 0 aliphatic carbocycles. The lowest BCUT2D eigenvalue weighted by molar-refractivity contribution is -0.131. The van der Waals surface area contributed by atoms with Crippen molar-refractivity contribution < 1.29 is 9.53 Å². The Bertz CT molecular complexity index is 497. The average molecular weight is 315 g/mol. The standard InChI is InChI=1S/C14H19ClN2O2S/c1-9-6-11(15)7-10(2)14(9)19-8-13(18)17(3)5-4-12(16)20/h6-7H,4-5,8H2,1-3H3,(H2,16,20). The molecule has 20 heavy (non-hydrogen) atoms. The number of ether oxygens (including phenoxy) is 1. The summed E-state index contributed by atoms with van der Waals surface area (Å²) in [6.07, 6.45) is 0.510. The first-order chi connectivity index (χ1) is 9.31. The molecule has 0 unspecified atom stereocenters. The van der Waals surface area contributed by atoms with Crippen molar-refractivity contribution in [2.24, 2.45) is 5.73 Å². The van der Waals surface area contributed by atoms with E-state index in [4.69, 9.17) is 34.3 Å². The summed E-state index contributed by atoms with van der Waals surface area (Å²) >= 11 is 10.7. The fourth-order valence-electron chi connectivity index (χ4n) is 1.77. The monoisotopic (exact) mass is 314 g/mol. The number of benzene rings is 1. The van der Waals surface area contributed by atoms with Gasteiger partial charge < -0.3 is 15.4 Å². The Kier molecular flexibility index (Phi) is 6.23. The summed E-state index contributed by atoms with van der Waals surface area (Å²) < 4.78 is 5.60. The number of aryl methyl sites for hydroxylation is 2. The molecule has 0 spiro atoms. The maximum absolute atomic E-state index is 11.9. The summed E-state index contributed by atoms with van der Waals surface area (Å²) in [6.45, 7) is 4.28. The van der Waals surface area contributed by atoms with E-state index in [0.717, 1.165) is 11.1 Å². The minimum atomic E-state index is -0.116. The minimum Gasteiger partial charge on any atom is -0.483 e. The molecule has 1 aromatic rings. The number of amides is 1. The SMILES string of the molecule is Cc1cc(Cl)cc(C)c1OCC(=O)N(C)CCC(N)=S. The first-order valence-electron chi connectivity index (χ1n) is 6.23. The Morgan fingerprint density at radius 1 is 1.40 bits per heavy atom. The van der Waals surface area contributed by atoms with Gasteiger partial charge in [-0.3, -0.25) is 4.79 Å². The van der Waals surface area contributed by atoms with Gasteiger partial charge in [0.15, 0.2) is 6.61 Å². The minimum absolute atomic E-state index is 0.0167. The van der Waals surface area contributed by atoms with Gasteiger partial charge in [0.2, 0.25) is 0 Å². The second-order valence-electron chi connectivity index (χ2n) is 4.69. The molecule has 1 aromatic carbocycles. The second-order valence-corrected chi connectivity index (χ2v) is 5.65. The van der Waals surface area contributed by atoms with E-state index < -0.39 is 0 Å². The van der Waals surface area contributed by atoms with Crippen molar-refractivity contribution in [2.75, 3.05) is 20.2 Å². The first kappa shape index (κ1) is 16.7. The van der Waals surface area contributed by atoms with Crippen LogP contribution in [0.5, 0.6) is 5.75 Å². The maximum atomic E-state index is 11.9. The number of hydrogen-bond acceptors (Lipinski definition) is 3. The third-order valence-electron chi connectivity index (χ3n) is 2.88. The molecule has 0 fully saturated rings. The lowest BCUT2D eigenvalue weighted by Gasteiger charge is -2.18. The smallest absolute Gasteiger partial charge is 0.260 e. The van der Waals surface area contributed by atoms with E-state index in [1.54, 1.807) is 11.9 Å². The highest BCUT2D eigenvalue weighted by molar-refractivity contribution is 7.80. The molecule has 6 heteroatoms. The van der Waals surface area contributed by atoms with Gasteiger partial charge in [-0.05, 0) is 37.1 Å². The van der Waals surface area contributed by atoms with Gasteiger partial charge in [-0.2, -0.15) is 0 Å². The number of carbonyl (C=O) groups excluding carboxylic acids is 1. The zero-order valence-corrected chi connectivity index (χ0v) is 13.5. The molecule has 0 bridgehead atoms. The molecule has 2 N–H and O–H groups in total. The Morgan fingerprint density at radius 2 is 1.95 bits per heavy atom. The zero-order chi connectivity index (χ0) is 15.3. The molecule has 110 valence electrons. The predicted molar refractivity (Wildman–Crippen MR) is 85.5 cm³/mol. The van der Waals surface area contributed by atoms with E-state index >= 15 is 0 Å². The van der Waals surface area contributed by atoms with Crippen LogP contribution in [0.2, 0.25) is 5.02 Å². The highest BCUT2D eigenvalue weighted by Crippen LogP contribution is 2.26. The van der Waals surface area contributed by atoms with Crippen LogP contribution in [-0.4, -0.2) is 36.0 Å². The van der Waals surface area contributed by atoms with E-state index in [-0.39, 0.29) is 12.5 Å². The molecule has 0 aliphatic heterocycles. The summed E-state index contributed by atoms with van der Waals surface area (Å²) in [5.74, 6) is 0.584. The topological polar surface area (TPSA) is 55.6 Å². The summed E-state index contributed by atoms with van der Waals surface area (Å²) in [5, 5.41) is 0.659. The van der Waals surface area contributed by atoms with Gasteiger partial charge in [0.05, 0.1) is 4.99 Å². The van der Waals surface area contributed by atoms with Gasteiger partial charge in [-0.1, -0.05) is 23.8 Å². The maximum Gasteiger partial charge on any atom is 0.260 e. The third kappa shape index (κ3) is 4.98. The van der Waals surface area contributed by atoms with Crippen molar-refractivity contribution in [3.8, 4) is 5.75 Å². The molecule has 0 aromatic heterocycles. The lowest BCUT2D eigenvalue weighted by Crippen LogP contribution is -2.33. The molecule has 0 heterocycles. The molecule has 0 saturated carbocycles. The molecule has 0 radical (unpaired) electrons. The summed E-state index contributed by atoms with van der Waals surface area (Å²) in [5.41, 5.74) is 7.23. The lowest BCUT2D eigenvalue weighted by atomic mass is 10.1. The molecular weight excluding hydrogens is 296 g/mol. The van der Waals surface area contributed by atoms with Crippen molar-refractivity contribution in [1.29, 1.82) is 0 Å². The molecule has 0 saturated heterocycles. The van der Waals surface area contributed by atoms with Gasteiger partial charge in [0, 0.05) is 25.0 Å². The van der Waals surface area contributed by atoms with Crippen LogP contribution in [0.1, 0.15) is 17.5 Å². The average Bonchev–Trinajstić information content (AvgIpc) is 2.34. The van der Waals surface area contributed by atoms with Crippen LogP contribution < -0.4 is 10.5 Å². The van der Waals surface area contributed by atoms with Crippen molar-refractivity contribution >= 4 is 34.7 Å². The number of nitrogens with two attached hydrogens (primary N) is 1. The molecular formula is C14H19ClN2O2S. The number of rotatable bonds is 6. The number of hydrogen-bond donors (Lipinski definition) is 1. The van der Waals surface area contributed by atoms with Gasteiger partial charge >= 0.3 is 0 Å². The van der Waals surface area contributed by atoms with Crippen LogP contribution in [-0.2, 0) is 4.79 Å². The van der Waals surface area contributed by atoms with Crippen LogP contribution in [0.25, 0.3) is 0 Å². The predicted octanol–water partition coefficient (Wildman–Crippen LogP) is 2.47. The highest BCUT2D eigenvalue weighted by atomic mass is 35.5. The largest absolute Gasteiger partial charge is 0.483 e. The summed E-state index contributed by atoms with van der Waals surface area (Å²) in [7, 11) is 1.70. The van der Waals surface area contributed by atoms with Crippen LogP contribution >= 0.6 is 23.8 Å². The summed E-state index contributed by atoms with van der Waals surface area (Å²) in [4.78, 5) is 13.9. The van der Waals surface area contributed by atoms with E-state index in [1.165, 1.54) is 0 Å². The van der Waals surface area contributed by atoms with Gasteiger partial charge in [0.25, 0.3) is 5.91 Å². The van der Waals surface area contributed by atoms with E-state index in [2.05, 4.69) is 0 Å². The Balaban J connectivity index is 2.59. The van der Waals surface area contributed by atoms with Crippen molar-refractivity contribution in [3.05, 3.63) is 28.3 Å². The van der Waals surface area contributed by atoms with Crippen LogP contribution in [0.3, 0.4) is 0 Å². The van der Waals surface area contributed by atoms with Crippen molar-refractivity contribution in [3.63, 3.8) is 0 Å². The molecule has 0 atom stereocenters.